The van der Waals surface area contributed by atoms with Gasteiger partial charge in [0.2, 0.25) is 0 Å². The lowest BCUT2D eigenvalue weighted by molar-refractivity contribution is 0.365. The molecule has 1 aliphatic carbocycles. The number of hydrogen-bond acceptors (Lipinski definition) is 1. The molecule has 0 amide bonds. The van der Waals surface area contributed by atoms with E-state index in [9.17, 15) is 4.39 Å². The van der Waals surface area contributed by atoms with Gasteiger partial charge < -0.3 is 0 Å². The average Bonchev–Trinajstić information content (AvgIpc) is 2.51. The van der Waals surface area contributed by atoms with Crippen molar-refractivity contribution in [3.63, 3.8) is 0 Å². The second-order valence-electron chi connectivity index (χ2n) is 3.76. The lowest BCUT2D eigenvalue weighted by Crippen LogP contribution is -1.99. The van der Waals surface area contributed by atoms with E-state index in [2.05, 4.69) is 11.9 Å². The van der Waals surface area contributed by atoms with Crippen LogP contribution in [0.25, 0.3) is 0 Å². The number of nitrogens with zero attached hydrogens (tertiary/aromatic N) is 1. The zero-order valence-corrected chi connectivity index (χ0v) is 8.10. The number of aryl methyl sites for hydroxylation is 2. The van der Waals surface area contributed by atoms with Gasteiger partial charge in [0.05, 0.1) is 5.69 Å². The number of rotatable bonds is 1. The van der Waals surface area contributed by atoms with Gasteiger partial charge in [0.25, 0.3) is 0 Å². The van der Waals surface area contributed by atoms with E-state index in [1.807, 2.05) is 6.07 Å². The first kappa shape index (κ1) is 8.67. The molecule has 0 fully saturated rings. The third-order valence-electron chi connectivity index (χ3n) is 2.70. The van der Waals surface area contributed by atoms with Gasteiger partial charge in [-0.25, -0.2) is 4.39 Å². The summed E-state index contributed by atoms with van der Waals surface area (Å²) in [5.74, 6) is 0. The Balaban J connectivity index is 2.49. The maximum Gasteiger partial charge on any atom is 0.139 e. The van der Waals surface area contributed by atoms with Gasteiger partial charge in [-0.1, -0.05) is 0 Å². The molecule has 1 atom stereocenters. The molecule has 0 saturated carbocycles. The van der Waals surface area contributed by atoms with E-state index in [4.69, 9.17) is 0 Å². The summed E-state index contributed by atoms with van der Waals surface area (Å²) in [6.07, 6.45) is 2.38. The Morgan fingerprint density at radius 1 is 1.46 bits per heavy atom. The summed E-state index contributed by atoms with van der Waals surface area (Å²) in [5, 5.41) is 0. The Hall–Kier alpha value is -0.920. The van der Waals surface area contributed by atoms with Crippen LogP contribution in [0.4, 0.5) is 4.39 Å². The van der Waals surface area contributed by atoms with E-state index in [0.29, 0.717) is 5.69 Å². The van der Waals surface area contributed by atoms with E-state index in [0.717, 1.165) is 18.5 Å². The molecule has 0 radical (unpaired) electrons. The molecule has 1 aromatic heterocycles. The molecule has 0 N–H and O–H groups in total. The maximum absolute atomic E-state index is 13.0. The van der Waals surface area contributed by atoms with Crippen LogP contribution in [0.15, 0.2) is 6.07 Å². The van der Waals surface area contributed by atoms with Gasteiger partial charge in [0.1, 0.15) is 6.17 Å². The highest BCUT2D eigenvalue weighted by Gasteiger charge is 2.17. The van der Waals surface area contributed by atoms with E-state index >= 15 is 0 Å². The van der Waals surface area contributed by atoms with Crippen molar-refractivity contribution in [1.29, 1.82) is 0 Å². The van der Waals surface area contributed by atoms with Crippen molar-refractivity contribution >= 4 is 0 Å². The summed E-state index contributed by atoms with van der Waals surface area (Å²) in [7, 11) is 0. The molecule has 2 rings (SSSR count). The summed E-state index contributed by atoms with van der Waals surface area (Å²) < 4.78 is 13.0. The minimum Gasteiger partial charge on any atom is -0.254 e. The van der Waals surface area contributed by atoms with Gasteiger partial charge in [0.15, 0.2) is 0 Å². The fraction of sp³-hybridized carbons (Fsp3) is 0.545. The van der Waals surface area contributed by atoms with E-state index < -0.39 is 6.17 Å². The quantitative estimate of drug-likeness (QED) is 0.646. The van der Waals surface area contributed by atoms with Gasteiger partial charge in [-0.3, -0.25) is 4.98 Å². The molecule has 0 aromatic carbocycles. The lowest BCUT2D eigenvalue weighted by Gasteiger charge is -2.08. The van der Waals surface area contributed by atoms with Crippen molar-refractivity contribution in [3.8, 4) is 0 Å². The topological polar surface area (TPSA) is 12.9 Å². The first-order valence-electron chi connectivity index (χ1n) is 4.82. The van der Waals surface area contributed by atoms with Crippen LogP contribution >= 0.6 is 0 Å². The normalized spacial score (nSPS) is 17.2. The molecule has 2 heteroatoms. The van der Waals surface area contributed by atoms with Crippen LogP contribution in [0, 0.1) is 6.92 Å². The molecule has 70 valence electrons. The fourth-order valence-electron chi connectivity index (χ4n) is 1.98. The minimum absolute atomic E-state index is 0.596. The first-order valence-corrected chi connectivity index (χ1v) is 4.82. The molecule has 0 saturated heterocycles. The fourth-order valence-corrected chi connectivity index (χ4v) is 1.98. The number of halogens is 1. The summed E-state index contributed by atoms with van der Waals surface area (Å²) in [6.45, 7) is 3.60. The lowest BCUT2D eigenvalue weighted by atomic mass is 10.1. The summed E-state index contributed by atoms with van der Waals surface area (Å²) in [4.78, 5) is 4.34. The van der Waals surface area contributed by atoms with E-state index in [1.54, 1.807) is 6.92 Å². The monoisotopic (exact) mass is 179 g/mol. The summed E-state index contributed by atoms with van der Waals surface area (Å²) >= 11 is 0. The zero-order valence-electron chi connectivity index (χ0n) is 8.10. The Morgan fingerprint density at radius 2 is 2.23 bits per heavy atom. The molecule has 1 aliphatic rings. The van der Waals surface area contributed by atoms with Crippen molar-refractivity contribution in [1.82, 2.24) is 4.98 Å². The Labute approximate surface area is 78.0 Å². The van der Waals surface area contributed by atoms with Gasteiger partial charge in [-0.2, -0.15) is 0 Å². The molecule has 0 spiro atoms. The van der Waals surface area contributed by atoms with Crippen molar-refractivity contribution < 1.29 is 4.39 Å². The van der Waals surface area contributed by atoms with Crippen LogP contribution in [0.1, 0.15) is 42.0 Å². The summed E-state index contributed by atoms with van der Waals surface area (Å²) in [5.41, 5.74) is 4.28. The molecule has 1 aromatic rings. The van der Waals surface area contributed by atoms with Crippen molar-refractivity contribution in [2.75, 3.05) is 0 Å². The van der Waals surface area contributed by atoms with Crippen LogP contribution in [0.2, 0.25) is 0 Å². The SMILES string of the molecule is Cc1cc(C(C)F)nc2c1CCC2. The standard InChI is InChI=1S/C11H14FN/c1-7-6-11(8(2)12)13-10-5-3-4-9(7)10/h6,8H,3-5H2,1-2H3. The Bertz CT molecular complexity index is 331. The highest BCUT2D eigenvalue weighted by molar-refractivity contribution is 5.35. The predicted octanol–water partition coefficient (Wildman–Crippen LogP) is 2.91. The van der Waals surface area contributed by atoms with Crippen LogP contribution in [-0.4, -0.2) is 4.98 Å². The molecule has 1 nitrogen and oxygen atoms in total. The van der Waals surface area contributed by atoms with Crippen LogP contribution in [0.3, 0.4) is 0 Å². The van der Waals surface area contributed by atoms with Crippen LogP contribution < -0.4 is 0 Å². The van der Waals surface area contributed by atoms with Crippen LogP contribution in [0.5, 0.6) is 0 Å². The number of hydrogen-bond donors (Lipinski definition) is 0. The Kier molecular flexibility index (Phi) is 2.06. The van der Waals surface area contributed by atoms with Gasteiger partial charge >= 0.3 is 0 Å². The van der Waals surface area contributed by atoms with Gasteiger partial charge in [0, 0.05) is 5.69 Å². The predicted molar refractivity (Wildman–Crippen MR) is 50.5 cm³/mol. The molecule has 0 bridgehead atoms. The molecular formula is C11H14FN. The number of aromatic nitrogens is 1. The molecular weight excluding hydrogens is 165 g/mol. The second kappa shape index (κ2) is 3.09. The van der Waals surface area contributed by atoms with Crippen molar-refractivity contribution in [2.45, 2.75) is 39.3 Å². The molecule has 13 heavy (non-hydrogen) atoms. The highest BCUT2D eigenvalue weighted by Crippen LogP contribution is 2.26. The van der Waals surface area contributed by atoms with Gasteiger partial charge in [-0.05, 0) is 50.3 Å². The van der Waals surface area contributed by atoms with Crippen molar-refractivity contribution in [3.05, 3.63) is 28.6 Å². The van der Waals surface area contributed by atoms with E-state index in [1.165, 1.54) is 17.5 Å². The second-order valence-corrected chi connectivity index (χ2v) is 3.76. The smallest absolute Gasteiger partial charge is 0.139 e. The van der Waals surface area contributed by atoms with E-state index in [-0.39, 0.29) is 0 Å². The maximum atomic E-state index is 13.0. The first-order chi connectivity index (χ1) is 6.18. The number of pyridine rings is 1. The third-order valence-corrected chi connectivity index (χ3v) is 2.70. The molecule has 1 heterocycles. The van der Waals surface area contributed by atoms with Crippen LogP contribution in [-0.2, 0) is 12.8 Å². The number of fused-ring (bicyclic) bond motifs is 1. The Morgan fingerprint density at radius 3 is 2.92 bits per heavy atom. The molecule has 0 aliphatic heterocycles. The average molecular weight is 179 g/mol. The number of alkyl halides is 1. The van der Waals surface area contributed by atoms with Gasteiger partial charge in [-0.15, -0.1) is 0 Å². The third kappa shape index (κ3) is 1.45. The zero-order chi connectivity index (χ0) is 9.42. The molecule has 1 unspecified atom stereocenters. The van der Waals surface area contributed by atoms with Crippen molar-refractivity contribution in [2.24, 2.45) is 0 Å². The minimum atomic E-state index is -0.940. The highest BCUT2D eigenvalue weighted by atomic mass is 19.1. The largest absolute Gasteiger partial charge is 0.254 e. The summed E-state index contributed by atoms with van der Waals surface area (Å²) in [6, 6.07) is 1.88.